The standard InChI is InChI=1S/C18H21FN4O2/c1-2-18-12-21(7-8-22(18)17(24)25-13-18)10-14-9-20-23(11-14)16-6-4-3-5-15(16)19/h3-6,9,11H,2,7-8,10,12-13H2,1H3. The fraction of sp³-hybridized carbons (Fsp3) is 0.444. The molecule has 0 spiro atoms. The number of amides is 1. The number of carbonyl (C=O) groups excluding carboxylic acids is 1. The SMILES string of the molecule is CCC12COC(=O)N1CCN(Cc1cnn(-c3ccccc3F)c1)C2. The van der Waals surface area contributed by atoms with Crippen molar-refractivity contribution in [2.45, 2.75) is 25.4 Å². The molecule has 132 valence electrons. The molecule has 2 aromatic rings. The van der Waals surface area contributed by atoms with Crippen LogP contribution in [0, 0.1) is 5.82 Å². The minimum absolute atomic E-state index is 0.200. The zero-order chi connectivity index (χ0) is 17.4. The number of aromatic nitrogens is 2. The highest BCUT2D eigenvalue weighted by Crippen LogP contribution is 2.32. The third kappa shape index (κ3) is 2.78. The van der Waals surface area contributed by atoms with Gasteiger partial charge in [0, 0.05) is 37.9 Å². The van der Waals surface area contributed by atoms with Crippen LogP contribution in [0.4, 0.5) is 9.18 Å². The predicted molar refractivity (Wildman–Crippen MR) is 89.9 cm³/mol. The molecule has 2 aliphatic rings. The van der Waals surface area contributed by atoms with Crippen molar-refractivity contribution in [3.8, 4) is 5.69 Å². The van der Waals surface area contributed by atoms with Gasteiger partial charge in [-0.25, -0.2) is 13.9 Å². The summed E-state index contributed by atoms with van der Waals surface area (Å²) >= 11 is 0. The Morgan fingerprint density at radius 2 is 2.16 bits per heavy atom. The van der Waals surface area contributed by atoms with Gasteiger partial charge in [0.25, 0.3) is 0 Å². The van der Waals surface area contributed by atoms with E-state index in [4.69, 9.17) is 4.74 Å². The molecule has 1 atom stereocenters. The van der Waals surface area contributed by atoms with Crippen molar-refractivity contribution in [1.82, 2.24) is 19.6 Å². The van der Waals surface area contributed by atoms with Crippen molar-refractivity contribution >= 4 is 6.09 Å². The lowest BCUT2D eigenvalue weighted by Crippen LogP contribution is -2.60. The van der Waals surface area contributed by atoms with Gasteiger partial charge in [-0.1, -0.05) is 19.1 Å². The summed E-state index contributed by atoms with van der Waals surface area (Å²) in [5.41, 5.74) is 1.24. The molecule has 1 aromatic heterocycles. The van der Waals surface area contributed by atoms with Crippen molar-refractivity contribution < 1.29 is 13.9 Å². The number of benzene rings is 1. The highest BCUT2D eigenvalue weighted by atomic mass is 19.1. The molecule has 0 saturated carbocycles. The van der Waals surface area contributed by atoms with E-state index < -0.39 is 0 Å². The molecular formula is C18H21FN4O2. The Morgan fingerprint density at radius 1 is 1.32 bits per heavy atom. The average Bonchev–Trinajstić information content (AvgIpc) is 3.21. The first-order valence-electron chi connectivity index (χ1n) is 8.56. The number of cyclic esters (lactones) is 1. The van der Waals surface area contributed by atoms with Gasteiger partial charge in [-0.05, 0) is 18.6 Å². The van der Waals surface area contributed by atoms with E-state index in [1.807, 2.05) is 11.1 Å². The van der Waals surface area contributed by atoms with Gasteiger partial charge in [-0.3, -0.25) is 9.80 Å². The van der Waals surface area contributed by atoms with Gasteiger partial charge in [0.1, 0.15) is 18.1 Å². The van der Waals surface area contributed by atoms with Crippen LogP contribution in [0.1, 0.15) is 18.9 Å². The van der Waals surface area contributed by atoms with Gasteiger partial charge in [-0.15, -0.1) is 0 Å². The zero-order valence-electron chi connectivity index (χ0n) is 14.2. The van der Waals surface area contributed by atoms with Gasteiger partial charge in [0.15, 0.2) is 0 Å². The molecule has 0 bridgehead atoms. The molecule has 2 saturated heterocycles. The minimum atomic E-state index is -0.294. The number of hydrogen-bond acceptors (Lipinski definition) is 4. The number of fused-ring (bicyclic) bond motifs is 1. The number of rotatable bonds is 4. The summed E-state index contributed by atoms with van der Waals surface area (Å²) < 4.78 is 20.7. The first-order chi connectivity index (χ1) is 12.1. The summed E-state index contributed by atoms with van der Waals surface area (Å²) in [7, 11) is 0. The van der Waals surface area contributed by atoms with Crippen molar-refractivity contribution in [2.24, 2.45) is 0 Å². The molecule has 4 rings (SSSR count). The fourth-order valence-corrected chi connectivity index (χ4v) is 3.75. The van der Waals surface area contributed by atoms with E-state index in [0.717, 1.165) is 31.6 Å². The van der Waals surface area contributed by atoms with Crippen LogP contribution in [0.15, 0.2) is 36.7 Å². The van der Waals surface area contributed by atoms with Crippen molar-refractivity contribution in [3.63, 3.8) is 0 Å². The van der Waals surface area contributed by atoms with Crippen LogP contribution in [0.5, 0.6) is 0 Å². The second kappa shape index (κ2) is 6.15. The lowest BCUT2D eigenvalue weighted by atomic mass is 9.93. The van der Waals surface area contributed by atoms with E-state index in [0.29, 0.717) is 18.8 Å². The quantitative estimate of drug-likeness (QED) is 0.855. The largest absolute Gasteiger partial charge is 0.447 e. The molecule has 2 fully saturated rings. The summed E-state index contributed by atoms with van der Waals surface area (Å²) in [6.07, 6.45) is 4.30. The van der Waals surface area contributed by atoms with Crippen molar-refractivity contribution in [1.29, 1.82) is 0 Å². The maximum Gasteiger partial charge on any atom is 0.410 e. The Morgan fingerprint density at radius 3 is 2.96 bits per heavy atom. The van der Waals surface area contributed by atoms with E-state index in [1.54, 1.807) is 29.1 Å². The molecule has 3 heterocycles. The van der Waals surface area contributed by atoms with Gasteiger partial charge in [0.05, 0.1) is 11.7 Å². The molecule has 2 aliphatic heterocycles. The molecule has 1 unspecified atom stereocenters. The summed E-state index contributed by atoms with van der Waals surface area (Å²) in [6.45, 7) is 5.51. The lowest BCUT2D eigenvalue weighted by Gasteiger charge is -2.44. The number of halogens is 1. The molecule has 7 heteroatoms. The Kier molecular flexibility index (Phi) is 3.95. The van der Waals surface area contributed by atoms with Crippen LogP contribution in [0.3, 0.4) is 0 Å². The first kappa shape index (κ1) is 16.1. The monoisotopic (exact) mass is 344 g/mol. The highest BCUT2D eigenvalue weighted by molar-refractivity contribution is 5.71. The maximum atomic E-state index is 13.9. The van der Waals surface area contributed by atoms with Crippen LogP contribution in [-0.2, 0) is 11.3 Å². The smallest absolute Gasteiger partial charge is 0.410 e. The van der Waals surface area contributed by atoms with Gasteiger partial charge < -0.3 is 4.74 Å². The molecule has 6 nitrogen and oxygen atoms in total. The van der Waals surface area contributed by atoms with E-state index >= 15 is 0 Å². The van der Waals surface area contributed by atoms with E-state index in [2.05, 4.69) is 16.9 Å². The number of hydrogen-bond donors (Lipinski definition) is 0. The summed E-state index contributed by atoms with van der Waals surface area (Å²) in [5.74, 6) is -0.294. The Hall–Kier alpha value is -2.41. The van der Waals surface area contributed by atoms with Crippen LogP contribution in [-0.4, -0.2) is 57.5 Å². The Balaban J connectivity index is 1.49. The number of carbonyl (C=O) groups is 1. The normalized spacial score (nSPS) is 23.6. The Bertz CT molecular complexity index is 793. The van der Waals surface area contributed by atoms with Crippen molar-refractivity contribution in [3.05, 3.63) is 48.0 Å². The summed E-state index contributed by atoms with van der Waals surface area (Å²) in [6, 6.07) is 6.59. The molecule has 1 amide bonds. The molecule has 0 aliphatic carbocycles. The number of para-hydroxylation sites is 1. The van der Waals surface area contributed by atoms with E-state index in [9.17, 15) is 9.18 Å². The summed E-state index contributed by atoms with van der Waals surface area (Å²) in [5, 5.41) is 4.29. The number of piperazine rings is 1. The highest BCUT2D eigenvalue weighted by Gasteiger charge is 2.49. The third-order valence-corrected chi connectivity index (χ3v) is 5.21. The Labute approximate surface area is 145 Å². The molecule has 0 radical (unpaired) electrons. The van der Waals surface area contributed by atoms with Crippen LogP contribution < -0.4 is 0 Å². The predicted octanol–water partition coefficient (Wildman–Crippen LogP) is 2.43. The average molecular weight is 344 g/mol. The third-order valence-electron chi connectivity index (χ3n) is 5.21. The van der Waals surface area contributed by atoms with Crippen LogP contribution in [0.2, 0.25) is 0 Å². The summed E-state index contributed by atoms with van der Waals surface area (Å²) in [4.78, 5) is 16.0. The number of nitrogens with zero attached hydrogens (tertiary/aromatic N) is 4. The second-order valence-corrected chi connectivity index (χ2v) is 6.74. The van der Waals surface area contributed by atoms with Gasteiger partial charge in [-0.2, -0.15) is 5.10 Å². The maximum absolute atomic E-state index is 13.9. The lowest BCUT2D eigenvalue weighted by molar-refractivity contribution is 0.0449. The van der Waals surface area contributed by atoms with E-state index in [1.165, 1.54) is 6.07 Å². The van der Waals surface area contributed by atoms with E-state index in [-0.39, 0.29) is 17.4 Å². The fourth-order valence-electron chi connectivity index (χ4n) is 3.75. The van der Waals surface area contributed by atoms with Gasteiger partial charge in [0.2, 0.25) is 0 Å². The molecule has 1 aromatic carbocycles. The molecular weight excluding hydrogens is 323 g/mol. The van der Waals surface area contributed by atoms with Crippen molar-refractivity contribution in [2.75, 3.05) is 26.2 Å². The molecule has 0 N–H and O–H groups in total. The van der Waals surface area contributed by atoms with Gasteiger partial charge >= 0.3 is 6.09 Å². The zero-order valence-corrected chi connectivity index (χ0v) is 14.2. The van der Waals surface area contributed by atoms with Crippen LogP contribution >= 0.6 is 0 Å². The second-order valence-electron chi connectivity index (χ2n) is 6.74. The minimum Gasteiger partial charge on any atom is -0.447 e. The number of ether oxygens (including phenoxy) is 1. The van der Waals surface area contributed by atoms with Crippen LogP contribution in [0.25, 0.3) is 5.69 Å². The molecule has 25 heavy (non-hydrogen) atoms. The topological polar surface area (TPSA) is 50.6 Å². The first-order valence-corrected chi connectivity index (χ1v) is 8.56.